The molecule has 0 radical (unpaired) electrons. The van der Waals surface area contributed by atoms with E-state index >= 15 is 0 Å². The van der Waals surface area contributed by atoms with Gasteiger partial charge < -0.3 is 9.47 Å². The lowest BCUT2D eigenvalue weighted by Gasteiger charge is -2.30. The maximum absolute atomic E-state index is 13.9. The molecule has 7 nitrogen and oxygen atoms in total. The Balaban J connectivity index is 1.58. The van der Waals surface area contributed by atoms with Gasteiger partial charge in [0, 0.05) is 47.1 Å². The fourth-order valence-corrected chi connectivity index (χ4v) is 6.58. The molecule has 0 N–H and O–H groups in total. The molecule has 0 unspecified atom stereocenters. The molecule has 9 heteroatoms. The lowest BCUT2D eigenvalue weighted by Crippen LogP contribution is -2.46. The maximum Gasteiger partial charge on any atom is 0.245 e. The Morgan fingerprint density at radius 1 is 1.03 bits per heavy atom. The molecule has 0 fully saturated rings. The zero-order valence-electron chi connectivity index (χ0n) is 22.6. The van der Waals surface area contributed by atoms with E-state index in [0.29, 0.717) is 25.2 Å². The second-order valence-electron chi connectivity index (χ2n) is 9.90. The number of hydrogen-bond acceptors (Lipinski definition) is 4. The van der Waals surface area contributed by atoms with E-state index in [1.807, 2.05) is 42.6 Å². The zero-order chi connectivity index (χ0) is 28.0. The monoisotopic (exact) mass is 610 g/mol. The van der Waals surface area contributed by atoms with Crippen molar-refractivity contribution < 1.29 is 13.2 Å². The Hall–Kier alpha value is -3.01. The van der Waals surface area contributed by atoms with Crippen LogP contribution in [0, 0.1) is 0 Å². The average Bonchev–Trinajstić information content (AvgIpc) is 3.36. The largest absolute Gasteiger partial charge is 0.345 e. The SMILES string of the molecule is CCCCN(Cc1cccn1Cc1ccc(Br)cc1)C(=O)CN(C(C)C)S(=O)(=O)c1cccc2cccnc12. The van der Waals surface area contributed by atoms with Crippen LogP contribution in [0.2, 0.25) is 0 Å². The van der Waals surface area contributed by atoms with Crippen LogP contribution in [0.5, 0.6) is 0 Å². The molecule has 2 aromatic carbocycles. The van der Waals surface area contributed by atoms with Crippen LogP contribution < -0.4 is 0 Å². The molecule has 2 heterocycles. The van der Waals surface area contributed by atoms with E-state index in [2.05, 4.69) is 44.5 Å². The Morgan fingerprint density at radius 2 is 1.77 bits per heavy atom. The van der Waals surface area contributed by atoms with Crippen LogP contribution in [0.1, 0.15) is 44.9 Å². The molecular formula is C30H35BrN4O3S. The number of halogens is 1. The molecule has 4 rings (SSSR count). The predicted molar refractivity (Wildman–Crippen MR) is 159 cm³/mol. The van der Waals surface area contributed by atoms with E-state index in [1.165, 1.54) is 4.31 Å². The molecule has 1 amide bonds. The predicted octanol–water partition coefficient (Wildman–Crippen LogP) is 6.08. The van der Waals surface area contributed by atoms with Gasteiger partial charge in [-0.05, 0) is 62.2 Å². The van der Waals surface area contributed by atoms with Gasteiger partial charge >= 0.3 is 0 Å². The van der Waals surface area contributed by atoms with Crippen molar-refractivity contribution in [3.8, 4) is 0 Å². The third-order valence-electron chi connectivity index (χ3n) is 6.73. The average molecular weight is 612 g/mol. The minimum atomic E-state index is -3.98. The summed E-state index contributed by atoms with van der Waals surface area (Å²) in [5.41, 5.74) is 2.56. The fourth-order valence-electron chi connectivity index (χ4n) is 4.56. The second kappa shape index (κ2) is 12.9. The van der Waals surface area contributed by atoms with Gasteiger partial charge in [-0.2, -0.15) is 4.31 Å². The molecule has 0 saturated heterocycles. The van der Waals surface area contributed by atoms with E-state index in [-0.39, 0.29) is 17.3 Å². The number of benzene rings is 2. The van der Waals surface area contributed by atoms with Gasteiger partial charge in [-0.1, -0.05) is 59.6 Å². The topological polar surface area (TPSA) is 75.5 Å². The molecule has 0 atom stereocenters. The van der Waals surface area contributed by atoms with Crippen molar-refractivity contribution in [3.63, 3.8) is 0 Å². The number of hydrogen-bond donors (Lipinski definition) is 0. The Labute approximate surface area is 239 Å². The molecule has 0 aliphatic heterocycles. The first-order chi connectivity index (χ1) is 18.7. The van der Waals surface area contributed by atoms with Crippen LogP contribution in [0.3, 0.4) is 0 Å². The van der Waals surface area contributed by atoms with Crippen molar-refractivity contribution in [3.05, 3.63) is 94.9 Å². The molecule has 2 aromatic heterocycles. The summed E-state index contributed by atoms with van der Waals surface area (Å²) in [7, 11) is -3.98. The van der Waals surface area contributed by atoms with Gasteiger partial charge in [0.2, 0.25) is 15.9 Å². The number of unbranched alkanes of at least 4 members (excludes halogenated alkanes) is 1. The first-order valence-corrected chi connectivity index (χ1v) is 15.5. The molecular weight excluding hydrogens is 576 g/mol. The smallest absolute Gasteiger partial charge is 0.245 e. The maximum atomic E-state index is 13.9. The number of amides is 1. The number of para-hydroxylation sites is 1. The zero-order valence-corrected chi connectivity index (χ0v) is 25.0. The molecule has 0 aliphatic carbocycles. The summed E-state index contributed by atoms with van der Waals surface area (Å²) in [6, 6.07) is 20.5. The highest BCUT2D eigenvalue weighted by atomic mass is 79.9. The summed E-state index contributed by atoms with van der Waals surface area (Å²) in [5.74, 6) is -0.217. The lowest BCUT2D eigenvalue weighted by atomic mass is 10.2. The van der Waals surface area contributed by atoms with E-state index in [4.69, 9.17) is 0 Å². The Bertz CT molecular complexity index is 1510. The van der Waals surface area contributed by atoms with Crippen molar-refractivity contribution in [1.82, 2.24) is 18.8 Å². The van der Waals surface area contributed by atoms with Crippen LogP contribution in [0.4, 0.5) is 0 Å². The molecule has 4 aromatic rings. The number of carbonyl (C=O) groups is 1. The summed E-state index contributed by atoms with van der Waals surface area (Å²) >= 11 is 3.48. The minimum absolute atomic E-state index is 0.116. The summed E-state index contributed by atoms with van der Waals surface area (Å²) in [5, 5.41) is 0.740. The number of pyridine rings is 1. The molecule has 0 bridgehead atoms. The lowest BCUT2D eigenvalue weighted by molar-refractivity contribution is -0.132. The van der Waals surface area contributed by atoms with E-state index in [9.17, 15) is 13.2 Å². The van der Waals surface area contributed by atoms with E-state index in [0.717, 1.165) is 34.0 Å². The second-order valence-corrected chi connectivity index (χ2v) is 12.7. The molecule has 0 aliphatic rings. The van der Waals surface area contributed by atoms with Crippen LogP contribution in [0.15, 0.2) is 88.5 Å². The number of aromatic nitrogens is 2. The van der Waals surface area contributed by atoms with Crippen LogP contribution in [-0.2, 0) is 27.9 Å². The van der Waals surface area contributed by atoms with Gasteiger partial charge in [-0.25, -0.2) is 8.42 Å². The summed E-state index contributed by atoms with van der Waals surface area (Å²) in [6.07, 6.45) is 5.36. The van der Waals surface area contributed by atoms with Crippen LogP contribution >= 0.6 is 15.9 Å². The summed E-state index contributed by atoms with van der Waals surface area (Å²) in [4.78, 5) is 20.0. The highest BCUT2D eigenvalue weighted by Crippen LogP contribution is 2.26. The van der Waals surface area contributed by atoms with Crippen molar-refractivity contribution in [2.24, 2.45) is 0 Å². The molecule has 0 spiro atoms. The van der Waals surface area contributed by atoms with Crippen molar-refractivity contribution in [2.45, 2.75) is 57.6 Å². The van der Waals surface area contributed by atoms with E-state index in [1.54, 1.807) is 43.1 Å². The third-order valence-corrected chi connectivity index (χ3v) is 9.31. The third kappa shape index (κ3) is 6.96. The fraction of sp³-hybridized carbons (Fsp3) is 0.333. The molecule has 206 valence electrons. The normalized spacial score (nSPS) is 11.9. The Kier molecular flexibility index (Phi) is 9.58. The number of fused-ring (bicyclic) bond motifs is 1. The molecule has 0 saturated carbocycles. The molecule has 39 heavy (non-hydrogen) atoms. The standard InChI is InChI=1S/C30H35BrN4O3S/c1-4-5-18-34(21-27-11-8-19-33(27)20-24-13-15-26(31)16-14-24)29(36)22-35(23(2)3)39(37,38)28-12-6-9-25-10-7-17-32-30(25)28/h6-17,19,23H,4-5,18,20-22H2,1-3H3. The minimum Gasteiger partial charge on any atom is -0.345 e. The van der Waals surface area contributed by atoms with Crippen molar-refractivity contribution in [2.75, 3.05) is 13.1 Å². The van der Waals surface area contributed by atoms with Crippen LogP contribution in [-0.4, -0.2) is 52.2 Å². The van der Waals surface area contributed by atoms with Gasteiger partial charge in [0.25, 0.3) is 0 Å². The van der Waals surface area contributed by atoms with Gasteiger partial charge in [0.1, 0.15) is 4.90 Å². The van der Waals surface area contributed by atoms with Gasteiger partial charge in [0.15, 0.2) is 0 Å². The number of rotatable bonds is 12. The summed E-state index contributed by atoms with van der Waals surface area (Å²) in [6.45, 7) is 7.08. The summed E-state index contributed by atoms with van der Waals surface area (Å²) < 4.78 is 32.2. The highest BCUT2D eigenvalue weighted by Gasteiger charge is 2.32. The van der Waals surface area contributed by atoms with Crippen LogP contribution in [0.25, 0.3) is 10.9 Å². The Morgan fingerprint density at radius 3 is 2.49 bits per heavy atom. The van der Waals surface area contributed by atoms with Gasteiger partial charge in [-0.15, -0.1) is 0 Å². The van der Waals surface area contributed by atoms with Crippen molar-refractivity contribution in [1.29, 1.82) is 0 Å². The first-order valence-electron chi connectivity index (χ1n) is 13.2. The number of carbonyl (C=O) groups excluding carboxylic acids is 1. The van der Waals surface area contributed by atoms with Gasteiger partial charge in [-0.3, -0.25) is 9.78 Å². The highest BCUT2D eigenvalue weighted by molar-refractivity contribution is 9.10. The van der Waals surface area contributed by atoms with Gasteiger partial charge in [0.05, 0.1) is 18.6 Å². The number of nitrogens with zero attached hydrogens (tertiary/aromatic N) is 4. The first kappa shape index (κ1) is 29.0. The van der Waals surface area contributed by atoms with E-state index < -0.39 is 16.1 Å². The quantitative estimate of drug-likeness (QED) is 0.195. The van der Waals surface area contributed by atoms with Crippen molar-refractivity contribution >= 4 is 42.8 Å². The number of sulfonamides is 1.